The average molecular weight is 371 g/mol. The standard InChI is InChI=1S/C16H21NO7S/c1-16(2,3)24-15(18)17-12(10-23-25(17,19)20)8-11-4-5-13-14(9-11)22-7-6-21-13/h4-5,9,12H,6-8,10H2,1-3H3/t12-/m0/s1. The number of benzene rings is 1. The highest BCUT2D eigenvalue weighted by atomic mass is 32.2. The van der Waals surface area contributed by atoms with Crippen LogP contribution in [0.5, 0.6) is 11.5 Å². The molecule has 1 aromatic rings. The van der Waals surface area contributed by atoms with E-state index in [4.69, 9.17) is 18.4 Å². The number of fused-ring (bicyclic) bond motifs is 1. The van der Waals surface area contributed by atoms with Gasteiger partial charge in [0.15, 0.2) is 11.5 Å². The van der Waals surface area contributed by atoms with Gasteiger partial charge in [0.25, 0.3) is 0 Å². The summed E-state index contributed by atoms with van der Waals surface area (Å²) < 4.78 is 45.9. The molecule has 0 bridgehead atoms. The van der Waals surface area contributed by atoms with Crippen molar-refractivity contribution < 1.29 is 31.6 Å². The second kappa shape index (κ2) is 6.38. The summed E-state index contributed by atoms with van der Waals surface area (Å²) in [4.78, 5) is 12.3. The van der Waals surface area contributed by atoms with Crippen molar-refractivity contribution in [2.24, 2.45) is 0 Å². The summed E-state index contributed by atoms with van der Waals surface area (Å²) >= 11 is 0. The highest BCUT2D eigenvalue weighted by molar-refractivity contribution is 7.85. The van der Waals surface area contributed by atoms with Gasteiger partial charge in [0.1, 0.15) is 18.8 Å². The number of carbonyl (C=O) groups is 1. The van der Waals surface area contributed by atoms with Crippen LogP contribution >= 0.6 is 0 Å². The first kappa shape index (κ1) is 17.8. The molecule has 0 radical (unpaired) electrons. The van der Waals surface area contributed by atoms with Crippen LogP contribution in [-0.2, 0) is 25.6 Å². The Morgan fingerprint density at radius 2 is 1.92 bits per heavy atom. The second-order valence-electron chi connectivity index (χ2n) is 6.85. The summed E-state index contributed by atoms with van der Waals surface area (Å²) in [5, 5.41) is 0. The summed E-state index contributed by atoms with van der Waals surface area (Å²) in [6.45, 7) is 5.85. The van der Waals surface area contributed by atoms with Crippen molar-refractivity contribution in [2.45, 2.75) is 38.8 Å². The van der Waals surface area contributed by atoms with Gasteiger partial charge in [-0.1, -0.05) is 6.07 Å². The number of nitrogens with zero attached hydrogens (tertiary/aromatic N) is 1. The molecule has 1 saturated heterocycles. The van der Waals surface area contributed by atoms with Crippen LogP contribution < -0.4 is 9.47 Å². The molecular formula is C16H21NO7S. The third-order valence-corrected chi connectivity index (χ3v) is 5.00. The van der Waals surface area contributed by atoms with Gasteiger partial charge >= 0.3 is 16.4 Å². The maximum Gasteiger partial charge on any atom is 0.426 e. The van der Waals surface area contributed by atoms with Crippen molar-refractivity contribution in [3.05, 3.63) is 23.8 Å². The first-order chi connectivity index (χ1) is 11.7. The van der Waals surface area contributed by atoms with Gasteiger partial charge in [-0.15, -0.1) is 0 Å². The smallest absolute Gasteiger partial charge is 0.426 e. The molecule has 0 saturated carbocycles. The molecule has 0 unspecified atom stereocenters. The molecule has 1 aromatic carbocycles. The van der Waals surface area contributed by atoms with Crippen LogP contribution in [0.1, 0.15) is 26.3 Å². The molecule has 138 valence electrons. The van der Waals surface area contributed by atoms with Crippen LogP contribution in [0, 0.1) is 0 Å². The van der Waals surface area contributed by atoms with E-state index in [0.29, 0.717) is 29.0 Å². The molecule has 1 atom stereocenters. The molecule has 25 heavy (non-hydrogen) atoms. The van der Waals surface area contributed by atoms with E-state index in [1.807, 2.05) is 6.07 Å². The summed E-state index contributed by atoms with van der Waals surface area (Å²) in [6.07, 6.45) is -0.651. The Kier molecular flexibility index (Phi) is 4.54. The van der Waals surface area contributed by atoms with Crippen LogP contribution in [0.25, 0.3) is 0 Å². The van der Waals surface area contributed by atoms with E-state index in [1.54, 1.807) is 32.9 Å². The normalized spacial score (nSPS) is 21.9. The quantitative estimate of drug-likeness (QED) is 0.784. The Morgan fingerprint density at radius 1 is 1.24 bits per heavy atom. The topological polar surface area (TPSA) is 91.4 Å². The SMILES string of the molecule is CC(C)(C)OC(=O)N1[C@@H](Cc2ccc3c(c2)OCCO3)COS1(=O)=O. The Bertz CT molecular complexity index is 769. The fourth-order valence-electron chi connectivity index (χ4n) is 2.65. The van der Waals surface area contributed by atoms with Crippen LogP contribution in [0.15, 0.2) is 18.2 Å². The molecule has 0 aliphatic carbocycles. The average Bonchev–Trinajstić information content (AvgIpc) is 2.80. The van der Waals surface area contributed by atoms with Gasteiger partial charge in [-0.25, -0.2) is 4.79 Å². The largest absolute Gasteiger partial charge is 0.486 e. The second-order valence-corrected chi connectivity index (χ2v) is 8.34. The highest BCUT2D eigenvalue weighted by Crippen LogP contribution is 2.32. The first-order valence-corrected chi connectivity index (χ1v) is 9.32. The number of hydrogen-bond acceptors (Lipinski definition) is 7. The third kappa shape index (κ3) is 3.98. The summed E-state index contributed by atoms with van der Waals surface area (Å²) in [5.74, 6) is 1.25. The fourth-order valence-corrected chi connectivity index (χ4v) is 3.81. The van der Waals surface area contributed by atoms with E-state index in [0.717, 1.165) is 5.56 Å². The lowest BCUT2D eigenvalue weighted by atomic mass is 10.1. The van der Waals surface area contributed by atoms with Crippen molar-refractivity contribution in [3.8, 4) is 11.5 Å². The minimum atomic E-state index is -4.14. The zero-order valence-corrected chi connectivity index (χ0v) is 15.2. The number of amides is 1. The molecule has 1 amide bonds. The maximum absolute atomic E-state index is 12.3. The number of rotatable bonds is 2. The monoisotopic (exact) mass is 371 g/mol. The van der Waals surface area contributed by atoms with Gasteiger partial charge in [-0.3, -0.25) is 4.18 Å². The fraction of sp³-hybridized carbons (Fsp3) is 0.562. The van der Waals surface area contributed by atoms with E-state index in [-0.39, 0.29) is 13.0 Å². The highest BCUT2D eigenvalue weighted by Gasteiger charge is 2.44. The van der Waals surface area contributed by atoms with E-state index in [1.165, 1.54) is 0 Å². The van der Waals surface area contributed by atoms with Crippen LogP contribution in [0.4, 0.5) is 4.79 Å². The summed E-state index contributed by atoms with van der Waals surface area (Å²) in [7, 11) is -4.14. The molecule has 2 aliphatic heterocycles. The van der Waals surface area contributed by atoms with E-state index >= 15 is 0 Å². The van der Waals surface area contributed by atoms with Crippen molar-refractivity contribution >= 4 is 16.4 Å². The van der Waals surface area contributed by atoms with Crippen molar-refractivity contribution in [2.75, 3.05) is 19.8 Å². The molecule has 2 heterocycles. The zero-order valence-electron chi connectivity index (χ0n) is 14.4. The molecule has 0 N–H and O–H groups in total. The predicted octanol–water partition coefficient (Wildman–Crippen LogP) is 1.88. The predicted molar refractivity (Wildman–Crippen MR) is 87.9 cm³/mol. The van der Waals surface area contributed by atoms with Gasteiger partial charge in [0, 0.05) is 0 Å². The van der Waals surface area contributed by atoms with Crippen molar-refractivity contribution in [1.29, 1.82) is 0 Å². The molecule has 0 aromatic heterocycles. The molecule has 3 rings (SSSR count). The van der Waals surface area contributed by atoms with Crippen LogP contribution in [0.3, 0.4) is 0 Å². The summed E-state index contributed by atoms with van der Waals surface area (Å²) in [6, 6.07) is 4.69. The van der Waals surface area contributed by atoms with Gasteiger partial charge in [0.2, 0.25) is 0 Å². The van der Waals surface area contributed by atoms with E-state index < -0.39 is 28.0 Å². The van der Waals surface area contributed by atoms with Crippen LogP contribution in [0.2, 0.25) is 0 Å². The lowest BCUT2D eigenvalue weighted by molar-refractivity contribution is 0.0357. The lowest BCUT2D eigenvalue weighted by Crippen LogP contribution is -2.43. The molecule has 0 spiro atoms. The number of hydrogen-bond donors (Lipinski definition) is 0. The molecular weight excluding hydrogens is 350 g/mol. The minimum absolute atomic E-state index is 0.115. The maximum atomic E-state index is 12.3. The first-order valence-electron chi connectivity index (χ1n) is 7.96. The minimum Gasteiger partial charge on any atom is -0.486 e. The zero-order chi connectivity index (χ0) is 18.2. The van der Waals surface area contributed by atoms with Crippen molar-refractivity contribution in [3.63, 3.8) is 0 Å². The summed E-state index contributed by atoms with van der Waals surface area (Å²) in [5.41, 5.74) is 0.0000166. The van der Waals surface area contributed by atoms with Crippen molar-refractivity contribution in [1.82, 2.24) is 4.31 Å². The lowest BCUT2D eigenvalue weighted by Gasteiger charge is -2.26. The Morgan fingerprint density at radius 3 is 2.60 bits per heavy atom. The van der Waals surface area contributed by atoms with E-state index in [2.05, 4.69) is 0 Å². The molecule has 2 aliphatic rings. The van der Waals surface area contributed by atoms with Crippen LogP contribution in [-0.4, -0.2) is 50.3 Å². The van der Waals surface area contributed by atoms with Gasteiger partial charge in [-0.05, 0) is 44.9 Å². The Hall–Kier alpha value is -2.00. The van der Waals surface area contributed by atoms with Gasteiger partial charge in [-0.2, -0.15) is 12.7 Å². The van der Waals surface area contributed by atoms with E-state index in [9.17, 15) is 13.2 Å². The number of carbonyl (C=O) groups excluding carboxylic acids is 1. The Balaban J connectivity index is 1.80. The third-order valence-electron chi connectivity index (χ3n) is 3.63. The molecule has 9 heteroatoms. The van der Waals surface area contributed by atoms with Gasteiger partial charge < -0.3 is 14.2 Å². The Labute approximate surface area is 146 Å². The number of ether oxygens (including phenoxy) is 3. The molecule has 1 fully saturated rings. The van der Waals surface area contributed by atoms with Gasteiger partial charge in [0.05, 0.1) is 12.6 Å². The molecule has 8 nitrogen and oxygen atoms in total.